The molecule has 1 atom stereocenters. The largest absolute Gasteiger partial charge is 0.497 e. The van der Waals surface area contributed by atoms with Gasteiger partial charge in [-0.25, -0.2) is 9.59 Å². The molecule has 21 heavy (non-hydrogen) atoms. The Kier molecular flexibility index (Phi) is 6.02. The van der Waals surface area contributed by atoms with E-state index in [1.54, 1.807) is 14.0 Å². The van der Waals surface area contributed by atoms with Crippen molar-refractivity contribution in [2.75, 3.05) is 13.7 Å². The minimum atomic E-state index is -1.25. The van der Waals surface area contributed by atoms with Gasteiger partial charge in [0.1, 0.15) is 11.3 Å². The summed E-state index contributed by atoms with van der Waals surface area (Å²) in [5.74, 6) is -0.264. The second-order valence-electron chi connectivity index (χ2n) is 4.97. The zero-order valence-electron chi connectivity index (χ0n) is 12.6. The summed E-state index contributed by atoms with van der Waals surface area (Å²) in [7, 11) is 1.61. The van der Waals surface area contributed by atoms with Crippen LogP contribution in [-0.4, -0.2) is 36.3 Å². The number of benzene rings is 1. The highest BCUT2D eigenvalue weighted by Crippen LogP contribution is 2.11. The molecule has 0 heterocycles. The number of rotatable bonds is 7. The molecule has 0 bridgehead atoms. The predicted molar refractivity (Wildman–Crippen MR) is 79.6 cm³/mol. The monoisotopic (exact) mass is 294 g/mol. The molecule has 0 fully saturated rings. The predicted octanol–water partition coefficient (Wildman–Crippen LogP) is 1.79. The lowest BCUT2D eigenvalue weighted by Gasteiger charge is -2.24. The molecular formula is C15H22N2O4. The van der Waals surface area contributed by atoms with E-state index >= 15 is 0 Å². The fraction of sp³-hybridized carbons (Fsp3) is 0.467. The molecule has 0 spiro atoms. The van der Waals surface area contributed by atoms with Crippen molar-refractivity contribution in [1.29, 1.82) is 0 Å². The number of carbonyl (C=O) groups is 2. The molecule has 0 radical (unpaired) electrons. The Labute approximate surface area is 124 Å². The normalized spacial score (nSPS) is 13.1. The average Bonchev–Trinajstić information content (AvgIpc) is 2.47. The van der Waals surface area contributed by atoms with Gasteiger partial charge in [0.05, 0.1) is 7.11 Å². The Morgan fingerprint density at radius 2 is 1.90 bits per heavy atom. The number of nitrogens with one attached hydrogen (secondary N) is 2. The molecule has 0 aliphatic carbocycles. The highest BCUT2D eigenvalue weighted by Gasteiger charge is 2.32. The Morgan fingerprint density at radius 3 is 2.38 bits per heavy atom. The number of aliphatic carboxylic acids is 1. The smallest absolute Gasteiger partial charge is 0.329 e. The first-order valence-corrected chi connectivity index (χ1v) is 6.83. The first-order chi connectivity index (χ1) is 9.91. The van der Waals surface area contributed by atoms with Gasteiger partial charge in [-0.2, -0.15) is 0 Å². The van der Waals surface area contributed by atoms with Crippen molar-refractivity contribution in [3.63, 3.8) is 0 Å². The Morgan fingerprint density at radius 1 is 1.29 bits per heavy atom. The SMILES string of the molecule is CCC(C)(NC(=O)NCCc1ccc(OC)cc1)C(=O)O. The molecule has 1 aromatic carbocycles. The first kappa shape index (κ1) is 16.8. The number of urea groups is 1. The maximum Gasteiger partial charge on any atom is 0.329 e. The number of amides is 2. The third-order valence-electron chi connectivity index (χ3n) is 3.43. The molecule has 2 amide bonds. The molecule has 6 nitrogen and oxygen atoms in total. The van der Waals surface area contributed by atoms with E-state index in [9.17, 15) is 9.59 Å². The summed E-state index contributed by atoms with van der Waals surface area (Å²) >= 11 is 0. The average molecular weight is 294 g/mol. The fourth-order valence-corrected chi connectivity index (χ4v) is 1.70. The second-order valence-corrected chi connectivity index (χ2v) is 4.97. The lowest BCUT2D eigenvalue weighted by molar-refractivity contribution is -0.143. The van der Waals surface area contributed by atoms with Crippen molar-refractivity contribution in [1.82, 2.24) is 10.6 Å². The van der Waals surface area contributed by atoms with E-state index in [0.717, 1.165) is 11.3 Å². The van der Waals surface area contributed by atoms with E-state index in [1.807, 2.05) is 24.3 Å². The van der Waals surface area contributed by atoms with Crippen molar-refractivity contribution < 1.29 is 19.4 Å². The van der Waals surface area contributed by atoms with E-state index < -0.39 is 17.5 Å². The summed E-state index contributed by atoms with van der Waals surface area (Å²) in [6.45, 7) is 3.63. The fourth-order valence-electron chi connectivity index (χ4n) is 1.70. The van der Waals surface area contributed by atoms with Crippen LogP contribution in [0.5, 0.6) is 5.75 Å². The molecular weight excluding hydrogens is 272 g/mol. The maximum absolute atomic E-state index is 11.7. The summed E-state index contributed by atoms with van der Waals surface area (Å²) in [6, 6.07) is 7.08. The zero-order chi connectivity index (χ0) is 15.9. The van der Waals surface area contributed by atoms with Crippen molar-refractivity contribution in [2.24, 2.45) is 0 Å². The highest BCUT2D eigenvalue weighted by molar-refractivity contribution is 5.85. The number of carbonyl (C=O) groups excluding carboxylic acids is 1. The van der Waals surface area contributed by atoms with E-state index in [1.165, 1.54) is 6.92 Å². The summed E-state index contributed by atoms with van der Waals surface area (Å²) in [4.78, 5) is 22.8. The molecule has 0 aliphatic rings. The van der Waals surface area contributed by atoms with Crippen LogP contribution in [0.4, 0.5) is 4.79 Å². The minimum absolute atomic E-state index is 0.314. The van der Waals surface area contributed by atoms with Crippen LogP contribution in [0.1, 0.15) is 25.8 Å². The van der Waals surface area contributed by atoms with E-state index in [-0.39, 0.29) is 0 Å². The number of carboxylic acids is 1. The topological polar surface area (TPSA) is 87.7 Å². The standard InChI is InChI=1S/C15H22N2O4/c1-4-15(2,13(18)19)17-14(20)16-10-9-11-5-7-12(21-3)8-6-11/h5-8H,4,9-10H2,1-3H3,(H,18,19)(H2,16,17,20). The van der Waals surface area contributed by atoms with Gasteiger partial charge in [0, 0.05) is 6.54 Å². The highest BCUT2D eigenvalue weighted by atomic mass is 16.5. The lowest BCUT2D eigenvalue weighted by Crippen LogP contribution is -2.55. The van der Waals surface area contributed by atoms with E-state index in [4.69, 9.17) is 9.84 Å². The van der Waals surface area contributed by atoms with Gasteiger partial charge in [0.15, 0.2) is 0 Å². The second kappa shape index (κ2) is 7.52. The molecule has 3 N–H and O–H groups in total. The third kappa shape index (κ3) is 4.98. The number of hydrogen-bond donors (Lipinski definition) is 3. The Hall–Kier alpha value is -2.24. The minimum Gasteiger partial charge on any atom is -0.497 e. The van der Waals surface area contributed by atoms with Gasteiger partial charge in [0.2, 0.25) is 0 Å². The summed E-state index contributed by atoms with van der Waals surface area (Å²) in [6.07, 6.45) is 0.974. The molecule has 6 heteroatoms. The molecule has 0 aliphatic heterocycles. The Balaban J connectivity index is 2.41. The number of carboxylic acid groups (broad SMARTS) is 1. The van der Waals surface area contributed by atoms with Crippen LogP contribution < -0.4 is 15.4 Å². The van der Waals surface area contributed by atoms with Crippen molar-refractivity contribution >= 4 is 12.0 Å². The van der Waals surface area contributed by atoms with Gasteiger partial charge < -0.3 is 20.5 Å². The van der Waals surface area contributed by atoms with Crippen molar-refractivity contribution in [3.8, 4) is 5.75 Å². The van der Waals surface area contributed by atoms with Crippen LogP contribution in [0.3, 0.4) is 0 Å². The van der Waals surface area contributed by atoms with Crippen LogP contribution >= 0.6 is 0 Å². The molecule has 1 aromatic rings. The van der Waals surface area contributed by atoms with Gasteiger partial charge in [-0.1, -0.05) is 19.1 Å². The van der Waals surface area contributed by atoms with Crippen LogP contribution in [0.25, 0.3) is 0 Å². The van der Waals surface area contributed by atoms with Crippen LogP contribution in [0.15, 0.2) is 24.3 Å². The molecule has 0 aromatic heterocycles. The molecule has 116 valence electrons. The Bertz CT molecular complexity index is 487. The molecule has 0 saturated carbocycles. The van der Waals surface area contributed by atoms with Crippen LogP contribution in [0.2, 0.25) is 0 Å². The van der Waals surface area contributed by atoms with E-state index in [0.29, 0.717) is 19.4 Å². The maximum atomic E-state index is 11.7. The van der Waals surface area contributed by atoms with Crippen LogP contribution in [0, 0.1) is 0 Å². The number of ether oxygens (including phenoxy) is 1. The van der Waals surface area contributed by atoms with Crippen molar-refractivity contribution in [3.05, 3.63) is 29.8 Å². The lowest BCUT2D eigenvalue weighted by atomic mass is 10.00. The summed E-state index contributed by atoms with van der Waals surface area (Å²) in [5.41, 5.74) is -0.183. The summed E-state index contributed by atoms with van der Waals surface area (Å²) < 4.78 is 5.07. The molecule has 1 rings (SSSR count). The van der Waals surface area contributed by atoms with Gasteiger partial charge in [-0.15, -0.1) is 0 Å². The molecule has 0 saturated heterocycles. The van der Waals surface area contributed by atoms with E-state index in [2.05, 4.69) is 10.6 Å². The van der Waals surface area contributed by atoms with Gasteiger partial charge in [0.25, 0.3) is 0 Å². The number of methoxy groups -OCH3 is 1. The zero-order valence-corrected chi connectivity index (χ0v) is 12.6. The van der Waals surface area contributed by atoms with Gasteiger partial charge in [-0.05, 0) is 37.5 Å². The van der Waals surface area contributed by atoms with Crippen LogP contribution in [-0.2, 0) is 11.2 Å². The van der Waals surface area contributed by atoms with Gasteiger partial charge >= 0.3 is 12.0 Å². The number of hydrogen-bond acceptors (Lipinski definition) is 3. The first-order valence-electron chi connectivity index (χ1n) is 6.83. The summed E-state index contributed by atoms with van der Waals surface area (Å²) in [5, 5.41) is 14.2. The molecule has 1 unspecified atom stereocenters. The third-order valence-corrected chi connectivity index (χ3v) is 3.43. The van der Waals surface area contributed by atoms with Crippen molar-refractivity contribution in [2.45, 2.75) is 32.2 Å². The quantitative estimate of drug-likeness (QED) is 0.715. The van der Waals surface area contributed by atoms with Gasteiger partial charge in [-0.3, -0.25) is 0 Å².